The Morgan fingerprint density at radius 1 is 0.815 bits per heavy atom. The van der Waals surface area contributed by atoms with Crippen LogP contribution in [0, 0.1) is 0 Å². The van der Waals surface area contributed by atoms with Gasteiger partial charge in [-0.05, 0) is 18.2 Å². The van der Waals surface area contributed by atoms with Crippen LogP contribution >= 0.6 is 0 Å². The molecule has 11 nitrogen and oxygen atoms in total. The fourth-order valence-electron chi connectivity index (χ4n) is 2.58. The van der Waals surface area contributed by atoms with Crippen molar-refractivity contribution in [3.05, 3.63) is 28.4 Å². The van der Waals surface area contributed by atoms with Crippen molar-refractivity contribution in [2.24, 2.45) is 0 Å². The zero-order valence-electron chi connectivity index (χ0n) is 12.8. The van der Waals surface area contributed by atoms with Gasteiger partial charge in [-0.25, -0.2) is 0 Å². The molecule has 3 aromatic rings. The molecule has 2 aromatic carbocycles. The minimum absolute atomic E-state index is 0.0769. The van der Waals surface area contributed by atoms with Gasteiger partial charge in [0.15, 0.2) is 28.6 Å². The molecule has 2 heterocycles. The number of aromatic hydroxyl groups is 5. The summed E-state index contributed by atoms with van der Waals surface area (Å²) in [6.45, 7) is 0. The molecule has 1 aliphatic heterocycles. The van der Waals surface area contributed by atoms with Gasteiger partial charge in [0.1, 0.15) is 5.39 Å². The highest BCUT2D eigenvalue weighted by atomic mass is 32.3. The molecule has 2 bridgehead atoms. The van der Waals surface area contributed by atoms with Crippen molar-refractivity contribution in [1.29, 1.82) is 0 Å². The Labute approximate surface area is 148 Å². The summed E-state index contributed by atoms with van der Waals surface area (Å²) in [5.74, 6) is -6.42. The van der Waals surface area contributed by atoms with Gasteiger partial charge in [0.05, 0.1) is 0 Å². The number of phenols is 4. The average molecular weight is 396 g/mol. The molecule has 0 amide bonds. The quantitative estimate of drug-likeness (QED) is 0.370. The van der Waals surface area contributed by atoms with Crippen LogP contribution in [0.2, 0.25) is 0 Å². The lowest BCUT2D eigenvalue weighted by Gasteiger charge is -2.19. The van der Waals surface area contributed by atoms with Crippen molar-refractivity contribution in [3.63, 3.8) is 0 Å². The van der Waals surface area contributed by atoms with E-state index in [1.807, 2.05) is 0 Å². The maximum absolute atomic E-state index is 12.5. The molecule has 5 N–H and O–H groups in total. The van der Waals surface area contributed by atoms with Crippen molar-refractivity contribution >= 4 is 21.4 Å². The Morgan fingerprint density at radius 2 is 1.48 bits per heavy atom. The topological polar surface area (TPSA) is 184 Å². The number of rotatable bonds is 1. The summed E-state index contributed by atoms with van der Waals surface area (Å²) < 4.78 is 37.3. The van der Waals surface area contributed by atoms with E-state index in [9.17, 15) is 38.7 Å². The van der Waals surface area contributed by atoms with Crippen molar-refractivity contribution in [1.82, 2.24) is 0 Å². The van der Waals surface area contributed by atoms with Crippen LogP contribution in [0.3, 0.4) is 0 Å². The highest BCUT2D eigenvalue weighted by molar-refractivity contribution is 7.82. The maximum Gasteiger partial charge on any atom is 0.501 e. The predicted molar refractivity (Wildman–Crippen MR) is 86.4 cm³/mol. The Kier molecular flexibility index (Phi) is 3.15. The summed E-state index contributed by atoms with van der Waals surface area (Å²) in [5, 5.41) is 48.5. The van der Waals surface area contributed by atoms with Gasteiger partial charge in [0.25, 0.3) is 0 Å². The van der Waals surface area contributed by atoms with Crippen LogP contribution in [0.25, 0.3) is 22.3 Å². The summed E-state index contributed by atoms with van der Waals surface area (Å²) in [4.78, 5) is 12.5. The smallest absolute Gasteiger partial charge is 0.501 e. The number of hydrogen-bond acceptors (Lipinski definition) is 11. The van der Waals surface area contributed by atoms with Crippen LogP contribution in [-0.4, -0.2) is 34.0 Å². The first kappa shape index (κ1) is 16.7. The third kappa shape index (κ3) is 2.27. The minimum Gasteiger partial charge on any atom is -0.504 e. The SMILES string of the molecule is O=c1c(O)c(-c2ccc(O)c(O)c2)oc2c3c(O)c(c(O)c12)OS(=O)(=O)O3. The Morgan fingerprint density at radius 3 is 2.15 bits per heavy atom. The molecule has 0 aliphatic carbocycles. The highest BCUT2D eigenvalue weighted by Gasteiger charge is 2.37. The molecule has 0 fully saturated rings. The highest BCUT2D eigenvalue weighted by Crippen LogP contribution is 2.53. The minimum atomic E-state index is -4.70. The molecule has 140 valence electrons. The van der Waals surface area contributed by atoms with Crippen LogP contribution in [-0.2, 0) is 10.4 Å². The number of hydrogen-bond donors (Lipinski definition) is 5. The molecular formula is C15H8O11S. The van der Waals surface area contributed by atoms with E-state index in [-0.39, 0.29) is 5.56 Å². The monoisotopic (exact) mass is 396 g/mol. The average Bonchev–Trinajstić information content (AvgIpc) is 2.59. The van der Waals surface area contributed by atoms with Crippen LogP contribution < -0.4 is 13.8 Å². The molecular weight excluding hydrogens is 388 g/mol. The van der Waals surface area contributed by atoms with Crippen molar-refractivity contribution in [2.75, 3.05) is 0 Å². The maximum atomic E-state index is 12.5. The Balaban J connectivity index is 2.14. The third-order valence-corrected chi connectivity index (χ3v) is 4.53. The molecule has 0 spiro atoms. The van der Waals surface area contributed by atoms with Gasteiger partial charge in [0.2, 0.25) is 28.4 Å². The van der Waals surface area contributed by atoms with E-state index in [1.165, 1.54) is 6.07 Å². The molecule has 4 rings (SSSR count). The normalized spacial score (nSPS) is 14.5. The molecule has 0 unspecified atom stereocenters. The first-order valence-corrected chi connectivity index (χ1v) is 8.38. The van der Waals surface area contributed by atoms with Crippen LogP contribution in [0.15, 0.2) is 27.4 Å². The van der Waals surface area contributed by atoms with Crippen molar-refractivity contribution < 1.29 is 46.7 Å². The Hall–Kier alpha value is -3.80. The zero-order valence-corrected chi connectivity index (χ0v) is 13.6. The molecule has 0 saturated heterocycles. The van der Waals surface area contributed by atoms with E-state index in [0.717, 1.165) is 12.1 Å². The summed E-state index contributed by atoms with van der Waals surface area (Å²) in [7, 11) is -4.70. The van der Waals surface area contributed by atoms with E-state index < -0.39 is 72.8 Å². The molecule has 1 aliphatic rings. The number of benzene rings is 2. The van der Waals surface area contributed by atoms with Gasteiger partial charge in [-0.1, -0.05) is 0 Å². The molecule has 0 saturated carbocycles. The van der Waals surface area contributed by atoms with Gasteiger partial charge >= 0.3 is 10.4 Å². The molecule has 1 aromatic heterocycles. The second-order valence-corrected chi connectivity index (χ2v) is 6.60. The largest absolute Gasteiger partial charge is 0.504 e. The van der Waals surface area contributed by atoms with E-state index in [2.05, 4.69) is 8.37 Å². The lowest BCUT2D eigenvalue weighted by atomic mass is 10.1. The summed E-state index contributed by atoms with van der Waals surface area (Å²) in [5.41, 5.74) is -1.96. The molecule has 0 radical (unpaired) electrons. The summed E-state index contributed by atoms with van der Waals surface area (Å²) in [6.07, 6.45) is 0. The van der Waals surface area contributed by atoms with Crippen LogP contribution in [0.1, 0.15) is 0 Å². The summed E-state index contributed by atoms with van der Waals surface area (Å²) >= 11 is 0. The van der Waals surface area contributed by atoms with Gasteiger partial charge in [-0.2, -0.15) is 0 Å². The standard InChI is InChI=1S/C15H8O11S/c16-5-2-1-4(3-6(5)17)12-10(20)8(18)7-9(19)14-11(21)15(13(7)24-12)26-27(22,23)25-14/h1-3,16-17,19-21H. The molecule has 12 heteroatoms. The predicted octanol–water partition coefficient (Wildman–Crippen LogP) is 1.00. The van der Waals surface area contributed by atoms with Crippen molar-refractivity contribution in [2.45, 2.75) is 0 Å². The van der Waals surface area contributed by atoms with Gasteiger partial charge < -0.3 is 38.3 Å². The van der Waals surface area contributed by atoms with E-state index in [4.69, 9.17) is 4.42 Å². The second kappa shape index (κ2) is 5.11. The first-order chi connectivity index (χ1) is 12.6. The van der Waals surface area contributed by atoms with Gasteiger partial charge in [-0.15, -0.1) is 8.42 Å². The lowest BCUT2D eigenvalue weighted by molar-refractivity contribution is 0.323. The summed E-state index contributed by atoms with van der Waals surface area (Å²) in [6, 6.07) is 3.18. The van der Waals surface area contributed by atoms with E-state index in [0.29, 0.717) is 0 Å². The lowest BCUT2D eigenvalue weighted by Crippen LogP contribution is -2.21. The third-order valence-electron chi connectivity index (χ3n) is 3.79. The van der Waals surface area contributed by atoms with Gasteiger partial charge in [-0.3, -0.25) is 4.79 Å². The van der Waals surface area contributed by atoms with E-state index >= 15 is 0 Å². The number of phenolic OH excluding ortho intramolecular Hbond substituents is 4. The van der Waals surface area contributed by atoms with Crippen LogP contribution in [0.5, 0.6) is 40.2 Å². The first-order valence-electron chi connectivity index (χ1n) is 7.04. The molecule has 27 heavy (non-hydrogen) atoms. The van der Waals surface area contributed by atoms with Crippen LogP contribution in [0.4, 0.5) is 0 Å². The van der Waals surface area contributed by atoms with E-state index in [1.54, 1.807) is 0 Å². The Bertz CT molecular complexity index is 1300. The number of fused-ring (bicyclic) bond motifs is 4. The zero-order chi connectivity index (χ0) is 19.7. The van der Waals surface area contributed by atoms with Crippen molar-refractivity contribution in [3.8, 4) is 51.6 Å². The molecule has 0 atom stereocenters. The second-order valence-electron chi connectivity index (χ2n) is 5.45. The fraction of sp³-hybridized carbons (Fsp3) is 0. The fourth-order valence-corrected chi connectivity index (χ4v) is 3.33. The van der Waals surface area contributed by atoms with Gasteiger partial charge in [0, 0.05) is 5.56 Å².